The zero-order valence-corrected chi connectivity index (χ0v) is 11.7. The second-order valence-corrected chi connectivity index (χ2v) is 6.12. The Labute approximate surface area is 105 Å². The van der Waals surface area contributed by atoms with Gasteiger partial charge in [0, 0.05) is 12.6 Å². The van der Waals surface area contributed by atoms with Gasteiger partial charge in [0.05, 0.1) is 6.42 Å². The van der Waals surface area contributed by atoms with Crippen molar-refractivity contribution in [3.8, 4) is 0 Å². The lowest BCUT2D eigenvalue weighted by atomic mass is 10.00. The summed E-state index contributed by atoms with van der Waals surface area (Å²) in [6, 6.07) is 0.528. The average molecular weight is 241 g/mol. The van der Waals surface area contributed by atoms with Crippen LogP contribution in [0.5, 0.6) is 0 Å². The van der Waals surface area contributed by atoms with E-state index in [1.165, 1.54) is 25.7 Å². The molecule has 100 valence electrons. The Kier molecular flexibility index (Phi) is 5.44. The summed E-state index contributed by atoms with van der Waals surface area (Å²) in [5.41, 5.74) is -0.367. The van der Waals surface area contributed by atoms with E-state index in [1.807, 2.05) is 20.8 Å². The van der Waals surface area contributed by atoms with Crippen molar-refractivity contribution in [2.75, 3.05) is 6.54 Å². The molecule has 0 amide bonds. The lowest BCUT2D eigenvalue weighted by molar-refractivity contribution is -0.154. The van der Waals surface area contributed by atoms with E-state index in [4.69, 9.17) is 4.74 Å². The Morgan fingerprint density at radius 3 is 2.47 bits per heavy atom. The summed E-state index contributed by atoms with van der Waals surface area (Å²) >= 11 is 0. The quantitative estimate of drug-likeness (QED) is 0.752. The molecule has 1 aliphatic rings. The monoisotopic (exact) mass is 241 g/mol. The van der Waals surface area contributed by atoms with Crippen molar-refractivity contribution in [3.63, 3.8) is 0 Å². The van der Waals surface area contributed by atoms with Crippen LogP contribution in [-0.2, 0) is 9.53 Å². The van der Waals surface area contributed by atoms with Gasteiger partial charge in [-0.1, -0.05) is 12.8 Å². The van der Waals surface area contributed by atoms with Crippen LogP contribution in [0.3, 0.4) is 0 Å². The largest absolute Gasteiger partial charge is 0.460 e. The Morgan fingerprint density at radius 1 is 1.35 bits per heavy atom. The number of hydrogen-bond acceptors (Lipinski definition) is 3. The van der Waals surface area contributed by atoms with Crippen LogP contribution in [0.1, 0.15) is 59.8 Å². The Balaban J connectivity index is 2.12. The molecule has 1 aliphatic carbocycles. The lowest BCUT2D eigenvalue weighted by Gasteiger charge is -2.22. The number of esters is 1. The second-order valence-electron chi connectivity index (χ2n) is 6.12. The Bertz CT molecular complexity index is 239. The molecule has 0 aliphatic heterocycles. The predicted molar refractivity (Wildman–Crippen MR) is 69.9 cm³/mol. The summed E-state index contributed by atoms with van der Waals surface area (Å²) in [7, 11) is 0. The van der Waals surface area contributed by atoms with Gasteiger partial charge < -0.3 is 10.1 Å². The molecule has 0 aromatic rings. The SMILES string of the molecule is CC(NCCC(=O)OC(C)(C)C)C1CCCC1. The van der Waals surface area contributed by atoms with Gasteiger partial charge in [-0.05, 0) is 46.5 Å². The molecule has 0 aromatic carbocycles. The minimum Gasteiger partial charge on any atom is -0.460 e. The molecule has 3 heteroatoms. The summed E-state index contributed by atoms with van der Waals surface area (Å²) < 4.78 is 5.27. The third kappa shape index (κ3) is 6.06. The second kappa shape index (κ2) is 6.39. The van der Waals surface area contributed by atoms with Gasteiger partial charge in [0.15, 0.2) is 0 Å². The van der Waals surface area contributed by atoms with Crippen molar-refractivity contribution >= 4 is 5.97 Å². The minimum absolute atomic E-state index is 0.108. The van der Waals surface area contributed by atoms with Crippen LogP contribution in [-0.4, -0.2) is 24.2 Å². The highest BCUT2D eigenvalue weighted by molar-refractivity contribution is 5.70. The zero-order chi connectivity index (χ0) is 12.9. The maximum atomic E-state index is 11.5. The molecule has 1 unspecified atom stereocenters. The maximum Gasteiger partial charge on any atom is 0.307 e. The number of ether oxygens (including phenoxy) is 1. The average Bonchev–Trinajstić information content (AvgIpc) is 2.66. The molecule has 17 heavy (non-hydrogen) atoms. The highest BCUT2D eigenvalue weighted by atomic mass is 16.6. The van der Waals surface area contributed by atoms with Gasteiger partial charge in [-0.15, -0.1) is 0 Å². The van der Waals surface area contributed by atoms with Crippen LogP contribution in [0.4, 0.5) is 0 Å². The van der Waals surface area contributed by atoms with Crippen molar-refractivity contribution < 1.29 is 9.53 Å². The zero-order valence-electron chi connectivity index (χ0n) is 11.7. The molecule has 1 saturated carbocycles. The lowest BCUT2D eigenvalue weighted by Crippen LogP contribution is -2.34. The molecule has 1 atom stereocenters. The van der Waals surface area contributed by atoms with Crippen LogP contribution in [0.15, 0.2) is 0 Å². The standard InChI is InChI=1S/C14H27NO2/c1-11(12-7-5-6-8-12)15-10-9-13(16)17-14(2,3)4/h11-12,15H,5-10H2,1-4H3. The number of carbonyl (C=O) groups is 1. The van der Waals surface area contributed by atoms with Gasteiger partial charge in [-0.25, -0.2) is 0 Å². The van der Waals surface area contributed by atoms with Crippen LogP contribution >= 0.6 is 0 Å². The summed E-state index contributed by atoms with van der Waals surface area (Å²) in [6.07, 6.45) is 5.86. The van der Waals surface area contributed by atoms with Crippen molar-refractivity contribution in [1.82, 2.24) is 5.32 Å². The van der Waals surface area contributed by atoms with Gasteiger partial charge >= 0.3 is 5.97 Å². The van der Waals surface area contributed by atoms with E-state index in [0.29, 0.717) is 12.5 Å². The molecule has 1 rings (SSSR count). The fourth-order valence-corrected chi connectivity index (χ4v) is 2.42. The third-order valence-corrected chi connectivity index (χ3v) is 3.32. The van der Waals surface area contributed by atoms with Crippen molar-refractivity contribution in [1.29, 1.82) is 0 Å². The first kappa shape index (κ1) is 14.5. The fraction of sp³-hybridized carbons (Fsp3) is 0.929. The van der Waals surface area contributed by atoms with E-state index in [-0.39, 0.29) is 11.6 Å². The molecular formula is C14H27NO2. The molecular weight excluding hydrogens is 214 g/mol. The summed E-state index contributed by atoms with van der Waals surface area (Å²) in [5, 5.41) is 3.44. The summed E-state index contributed by atoms with van der Waals surface area (Å²) in [6.45, 7) is 8.66. The third-order valence-electron chi connectivity index (χ3n) is 3.32. The Morgan fingerprint density at radius 2 is 1.94 bits per heavy atom. The van der Waals surface area contributed by atoms with Gasteiger partial charge in [0.25, 0.3) is 0 Å². The van der Waals surface area contributed by atoms with Gasteiger partial charge in [-0.3, -0.25) is 4.79 Å². The summed E-state index contributed by atoms with van der Waals surface area (Å²) in [4.78, 5) is 11.5. The first-order valence-electron chi connectivity index (χ1n) is 6.84. The van der Waals surface area contributed by atoms with E-state index < -0.39 is 0 Å². The van der Waals surface area contributed by atoms with Crippen LogP contribution in [0.2, 0.25) is 0 Å². The topological polar surface area (TPSA) is 38.3 Å². The molecule has 3 nitrogen and oxygen atoms in total. The van der Waals surface area contributed by atoms with Crippen LogP contribution in [0, 0.1) is 5.92 Å². The van der Waals surface area contributed by atoms with E-state index >= 15 is 0 Å². The van der Waals surface area contributed by atoms with Crippen LogP contribution < -0.4 is 5.32 Å². The van der Waals surface area contributed by atoms with Crippen molar-refractivity contribution in [2.24, 2.45) is 5.92 Å². The van der Waals surface area contributed by atoms with E-state index in [0.717, 1.165) is 12.5 Å². The molecule has 0 radical (unpaired) electrons. The van der Waals surface area contributed by atoms with E-state index in [2.05, 4.69) is 12.2 Å². The van der Waals surface area contributed by atoms with E-state index in [1.54, 1.807) is 0 Å². The molecule has 0 aromatic heterocycles. The minimum atomic E-state index is -0.367. The first-order valence-corrected chi connectivity index (χ1v) is 6.84. The molecule has 1 N–H and O–H groups in total. The number of nitrogens with one attached hydrogen (secondary N) is 1. The normalized spacial score (nSPS) is 19.3. The first-order chi connectivity index (χ1) is 7.88. The molecule has 1 fully saturated rings. The van der Waals surface area contributed by atoms with Gasteiger partial charge in [0.1, 0.15) is 5.60 Å². The molecule has 0 heterocycles. The number of hydrogen-bond donors (Lipinski definition) is 1. The molecule has 0 spiro atoms. The highest BCUT2D eigenvalue weighted by Crippen LogP contribution is 2.27. The van der Waals surface area contributed by atoms with Gasteiger partial charge in [0.2, 0.25) is 0 Å². The van der Waals surface area contributed by atoms with Gasteiger partial charge in [-0.2, -0.15) is 0 Å². The van der Waals surface area contributed by atoms with Crippen molar-refractivity contribution in [2.45, 2.75) is 71.4 Å². The number of carbonyl (C=O) groups excluding carboxylic acids is 1. The van der Waals surface area contributed by atoms with Crippen molar-refractivity contribution in [3.05, 3.63) is 0 Å². The summed E-state index contributed by atoms with van der Waals surface area (Å²) in [5.74, 6) is 0.692. The smallest absolute Gasteiger partial charge is 0.307 e. The fourth-order valence-electron chi connectivity index (χ4n) is 2.42. The Hall–Kier alpha value is -0.570. The number of rotatable bonds is 5. The maximum absolute atomic E-state index is 11.5. The van der Waals surface area contributed by atoms with E-state index in [9.17, 15) is 4.79 Å². The van der Waals surface area contributed by atoms with Crippen LogP contribution in [0.25, 0.3) is 0 Å². The highest BCUT2D eigenvalue weighted by Gasteiger charge is 2.21. The molecule has 0 saturated heterocycles. The predicted octanol–water partition coefficient (Wildman–Crippen LogP) is 2.89. The molecule has 0 bridgehead atoms.